The minimum Gasteiger partial charge on any atom is -0.259 e. The maximum Gasteiger partial charge on any atom is 0.246 e. The van der Waals surface area contributed by atoms with Crippen LogP contribution in [0.5, 0.6) is 0 Å². The quantitative estimate of drug-likeness (QED) is 0.458. The van der Waals surface area contributed by atoms with Crippen LogP contribution < -0.4 is 0 Å². The lowest BCUT2D eigenvalue weighted by molar-refractivity contribution is -0.425. The molecule has 0 fully saturated rings. The zero-order valence-corrected chi connectivity index (χ0v) is 10.6. The average Bonchev–Trinajstić information content (AvgIpc) is 2.23. The summed E-state index contributed by atoms with van der Waals surface area (Å²) in [5.41, 5.74) is 0.412. The predicted octanol–water partition coefficient (Wildman–Crippen LogP) is 4.67. The van der Waals surface area contributed by atoms with Crippen LogP contribution in [0.15, 0.2) is 17.8 Å². The monoisotopic (exact) mass is 279 g/mol. The van der Waals surface area contributed by atoms with Crippen LogP contribution >= 0.6 is 34.8 Å². The molecule has 0 N–H and O–H groups in total. The van der Waals surface area contributed by atoms with E-state index in [0.29, 0.717) is 15.6 Å². The van der Waals surface area contributed by atoms with Crippen molar-refractivity contribution >= 4 is 40.9 Å². The maximum atomic E-state index is 10.7. The van der Waals surface area contributed by atoms with E-state index in [1.807, 2.05) is 0 Å². The van der Waals surface area contributed by atoms with Crippen molar-refractivity contribution in [2.24, 2.45) is 0 Å². The van der Waals surface area contributed by atoms with E-state index in [1.165, 1.54) is 6.08 Å². The van der Waals surface area contributed by atoms with Crippen molar-refractivity contribution in [3.05, 3.63) is 48.6 Å². The van der Waals surface area contributed by atoms with Gasteiger partial charge in [0.25, 0.3) is 0 Å². The molecule has 1 rings (SSSR count). The molecule has 0 aromatic heterocycles. The molecule has 0 aliphatic heterocycles. The summed E-state index contributed by atoms with van der Waals surface area (Å²) in [6.45, 7) is 1.68. The van der Waals surface area contributed by atoms with Gasteiger partial charge in [-0.3, -0.25) is 10.1 Å². The molecule has 0 atom stereocenters. The normalized spacial score (nSPS) is 11.6. The van der Waals surface area contributed by atoms with Gasteiger partial charge in [-0.25, -0.2) is 0 Å². The molecule has 16 heavy (non-hydrogen) atoms. The summed E-state index contributed by atoms with van der Waals surface area (Å²) in [6.07, 6.45) is 1.63. The van der Waals surface area contributed by atoms with Crippen molar-refractivity contribution in [2.45, 2.75) is 13.3 Å². The first-order valence-corrected chi connectivity index (χ1v) is 5.59. The Morgan fingerprint density at radius 1 is 1.38 bits per heavy atom. The topological polar surface area (TPSA) is 43.1 Å². The minimum atomic E-state index is -0.465. The molecule has 1 aromatic carbocycles. The Kier molecular flexibility index (Phi) is 4.59. The van der Waals surface area contributed by atoms with Gasteiger partial charge >= 0.3 is 0 Å². The van der Waals surface area contributed by atoms with E-state index >= 15 is 0 Å². The highest BCUT2D eigenvalue weighted by atomic mass is 35.5. The minimum absolute atomic E-state index is 0.0334. The van der Waals surface area contributed by atoms with E-state index in [4.69, 9.17) is 34.8 Å². The van der Waals surface area contributed by atoms with E-state index in [2.05, 4.69) is 0 Å². The molecule has 0 bridgehead atoms. The summed E-state index contributed by atoms with van der Waals surface area (Å²) in [4.78, 5) is 10.2. The SMILES string of the molecule is CCC(=Cc1c(Cl)ccc(Cl)c1Cl)[N+](=O)[O-]. The van der Waals surface area contributed by atoms with E-state index in [-0.39, 0.29) is 17.1 Å². The van der Waals surface area contributed by atoms with Crippen molar-refractivity contribution in [2.75, 3.05) is 0 Å². The molecule has 0 saturated heterocycles. The van der Waals surface area contributed by atoms with Crippen LogP contribution in [0.25, 0.3) is 6.08 Å². The Morgan fingerprint density at radius 3 is 2.44 bits per heavy atom. The molecule has 0 heterocycles. The maximum absolute atomic E-state index is 10.7. The van der Waals surface area contributed by atoms with Gasteiger partial charge in [-0.2, -0.15) is 0 Å². The largest absolute Gasteiger partial charge is 0.259 e. The molecule has 0 spiro atoms. The fraction of sp³-hybridized carbons (Fsp3) is 0.200. The lowest BCUT2D eigenvalue weighted by Gasteiger charge is -2.03. The molecule has 6 heteroatoms. The number of hydrogen-bond acceptors (Lipinski definition) is 2. The Hall–Kier alpha value is -0.770. The standard InChI is InChI=1S/C10H8Cl3NO2/c1-2-6(14(15)16)5-7-8(11)3-4-9(12)10(7)13/h3-5H,2H2,1H3. The third kappa shape index (κ3) is 2.88. The second-order valence-electron chi connectivity index (χ2n) is 3.00. The molecule has 0 aliphatic rings. The van der Waals surface area contributed by atoms with Crippen molar-refractivity contribution < 1.29 is 4.92 Å². The van der Waals surface area contributed by atoms with Crippen LogP contribution in [-0.4, -0.2) is 4.92 Å². The number of nitrogens with zero attached hydrogens (tertiary/aromatic N) is 1. The number of halogens is 3. The van der Waals surface area contributed by atoms with E-state index in [9.17, 15) is 10.1 Å². The Bertz CT molecular complexity index is 458. The lowest BCUT2D eigenvalue weighted by Crippen LogP contribution is -1.97. The van der Waals surface area contributed by atoms with Crippen molar-refractivity contribution in [3.63, 3.8) is 0 Å². The molecule has 0 radical (unpaired) electrons. The summed E-state index contributed by atoms with van der Waals surface area (Å²) < 4.78 is 0. The fourth-order valence-electron chi connectivity index (χ4n) is 1.13. The average molecular weight is 281 g/mol. The van der Waals surface area contributed by atoms with Gasteiger partial charge in [0.2, 0.25) is 5.70 Å². The second kappa shape index (κ2) is 5.53. The predicted molar refractivity (Wildman–Crippen MR) is 66.7 cm³/mol. The van der Waals surface area contributed by atoms with Crippen molar-refractivity contribution in [1.29, 1.82) is 0 Å². The van der Waals surface area contributed by atoms with Gasteiger partial charge in [0.05, 0.1) is 15.0 Å². The van der Waals surface area contributed by atoms with Gasteiger partial charge in [0.15, 0.2) is 0 Å². The molecule has 1 aromatic rings. The molecule has 0 unspecified atom stereocenters. The Balaban J connectivity index is 3.33. The van der Waals surface area contributed by atoms with E-state index in [1.54, 1.807) is 19.1 Å². The first-order valence-electron chi connectivity index (χ1n) is 4.45. The van der Waals surface area contributed by atoms with Gasteiger partial charge in [0, 0.05) is 23.1 Å². The summed E-state index contributed by atoms with van der Waals surface area (Å²) in [5, 5.41) is 11.5. The molecule has 0 amide bonds. The molecule has 3 nitrogen and oxygen atoms in total. The first kappa shape index (κ1) is 13.3. The molecular weight excluding hydrogens is 272 g/mol. The molecule has 0 saturated carbocycles. The summed E-state index contributed by atoms with van der Waals surface area (Å²) >= 11 is 17.6. The van der Waals surface area contributed by atoms with Gasteiger partial charge < -0.3 is 0 Å². The van der Waals surface area contributed by atoms with Crippen LogP contribution in [0.1, 0.15) is 18.9 Å². The summed E-state index contributed by atoms with van der Waals surface area (Å²) in [5.74, 6) is 0. The number of allylic oxidation sites excluding steroid dienone is 1. The van der Waals surface area contributed by atoms with E-state index in [0.717, 1.165) is 0 Å². The third-order valence-electron chi connectivity index (χ3n) is 1.99. The Morgan fingerprint density at radius 2 is 1.94 bits per heavy atom. The fourth-order valence-corrected chi connectivity index (χ4v) is 1.77. The zero-order chi connectivity index (χ0) is 12.3. The van der Waals surface area contributed by atoms with Gasteiger partial charge in [-0.1, -0.05) is 41.7 Å². The van der Waals surface area contributed by atoms with Crippen LogP contribution in [0, 0.1) is 10.1 Å². The highest BCUT2D eigenvalue weighted by Crippen LogP contribution is 2.33. The number of hydrogen-bond donors (Lipinski definition) is 0. The zero-order valence-electron chi connectivity index (χ0n) is 8.34. The van der Waals surface area contributed by atoms with Crippen LogP contribution in [0.4, 0.5) is 0 Å². The van der Waals surface area contributed by atoms with Crippen LogP contribution in [0.3, 0.4) is 0 Å². The Labute approximate surface area is 108 Å². The smallest absolute Gasteiger partial charge is 0.246 e. The van der Waals surface area contributed by atoms with Gasteiger partial charge in [-0.05, 0) is 12.1 Å². The van der Waals surface area contributed by atoms with Crippen molar-refractivity contribution in [3.8, 4) is 0 Å². The van der Waals surface area contributed by atoms with Gasteiger partial charge in [-0.15, -0.1) is 0 Å². The number of benzene rings is 1. The third-order valence-corrected chi connectivity index (χ3v) is 3.14. The molecular formula is C10H8Cl3NO2. The van der Waals surface area contributed by atoms with Crippen LogP contribution in [-0.2, 0) is 0 Å². The van der Waals surface area contributed by atoms with E-state index < -0.39 is 4.92 Å². The lowest BCUT2D eigenvalue weighted by atomic mass is 10.1. The van der Waals surface area contributed by atoms with Crippen molar-refractivity contribution in [1.82, 2.24) is 0 Å². The van der Waals surface area contributed by atoms with Crippen LogP contribution in [0.2, 0.25) is 15.1 Å². The number of rotatable bonds is 3. The molecule has 0 aliphatic carbocycles. The highest BCUT2D eigenvalue weighted by Gasteiger charge is 2.13. The molecule has 86 valence electrons. The second-order valence-corrected chi connectivity index (χ2v) is 4.20. The summed E-state index contributed by atoms with van der Waals surface area (Å²) in [7, 11) is 0. The highest BCUT2D eigenvalue weighted by molar-refractivity contribution is 6.44. The first-order chi connectivity index (χ1) is 7.47. The number of nitro groups is 1. The summed E-state index contributed by atoms with van der Waals surface area (Å²) in [6, 6.07) is 3.09. The van der Waals surface area contributed by atoms with Gasteiger partial charge in [0.1, 0.15) is 0 Å².